The summed E-state index contributed by atoms with van der Waals surface area (Å²) in [5.41, 5.74) is 2.35. The van der Waals surface area contributed by atoms with Crippen molar-refractivity contribution < 1.29 is 9.84 Å². The van der Waals surface area contributed by atoms with E-state index < -0.39 is 0 Å². The normalized spacial score (nSPS) is 20.8. The Morgan fingerprint density at radius 3 is 2.85 bits per heavy atom. The number of aliphatic hydroxyl groups is 1. The van der Waals surface area contributed by atoms with Crippen molar-refractivity contribution >= 4 is 0 Å². The first kappa shape index (κ1) is 15.3. The van der Waals surface area contributed by atoms with Crippen LogP contribution in [0.4, 0.5) is 0 Å². The average molecular weight is 277 g/mol. The van der Waals surface area contributed by atoms with Crippen LogP contribution in [-0.4, -0.2) is 24.4 Å². The summed E-state index contributed by atoms with van der Waals surface area (Å²) >= 11 is 0. The minimum atomic E-state index is -0.347. The fraction of sp³-hybridized carbons (Fsp3) is 0.647. The predicted octanol–water partition coefficient (Wildman–Crippen LogP) is 3.21. The molecule has 2 unspecified atom stereocenters. The molecule has 0 spiro atoms. The zero-order chi connectivity index (χ0) is 14.8. The molecule has 3 heteroatoms. The van der Waals surface area contributed by atoms with E-state index in [1.54, 1.807) is 0 Å². The molecule has 0 aliphatic carbocycles. The second-order valence-corrected chi connectivity index (χ2v) is 6.87. The highest BCUT2D eigenvalue weighted by Crippen LogP contribution is 2.32. The molecule has 1 aliphatic rings. The molecule has 0 bridgehead atoms. The van der Waals surface area contributed by atoms with Crippen molar-refractivity contribution in [1.82, 2.24) is 5.32 Å². The summed E-state index contributed by atoms with van der Waals surface area (Å²) in [7, 11) is 0. The van der Waals surface area contributed by atoms with Gasteiger partial charge in [-0.1, -0.05) is 32.9 Å². The molecule has 0 fully saturated rings. The molecule has 1 aromatic carbocycles. The monoisotopic (exact) mass is 277 g/mol. The molecule has 2 atom stereocenters. The van der Waals surface area contributed by atoms with Gasteiger partial charge in [-0.15, -0.1) is 0 Å². The highest BCUT2D eigenvalue weighted by molar-refractivity contribution is 5.39. The summed E-state index contributed by atoms with van der Waals surface area (Å²) in [6, 6.07) is 6.65. The van der Waals surface area contributed by atoms with E-state index >= 15 is 0 Å². The third-order valence-electron chi connectivity index (χ3n) is 4.00. The van der Waals surface area contributed by atoms with E-state index in [1.165, 1.54) is 11.1 Å². The average Bonchev–Trinajstić information content (AvgIpc) is 2.56. The van der Waals surface area contributed by atoms with E-state index in [2.05, 4.69) is 51.2 Å². The van der Waals surface area contributed by atoms with E-state index in [-0.39, 0.29) is 17.6 Å². The zero-order valence-corrected chi connectivity index (χ0v) is 13.1. The Hall–Kier alpha value is -1.06. The van der Waals surface area contributed by atoms with Crippen molar-refractivity contribution in [1.29, 1.82) is 0 Å². The molecule has 112 valence electrons. The van der Waals surface area contributed by atoms with Gasteiger partial charge < -0.3 is 15.2 Å². The van der Waals surface area contributed by atoms with Crippen LogP contribution in [0.25, 0.3) is 0 Å². The third-order valence-corrected chi connectivity index (χ3v) is 4.00. The van der Waals surface area contributed by atoms with Crippen molar-refractivity contribution in [2.45, 2.75) is 52.7 Å². The molecule has 1 aliphatic heterocycles. The lowest BCUT2D eigenvalue weighted by molar-refractivity contribution is 0.0601. The van der Waals surface area contributed by atoms with Gasteiger partial charge in [-0.25, -0.2) is 0 Å². The number of hydrogen-bond acceptors (Lipinski definition) is 3. The summed E-state index contributed by atoms with van der Waals surface area (Å²) in [6.45, 7) is 9.66. The number of fused-ring (bicyclic) bond motifs is 1. The lowest BCUT2D eigenvalue weighted by atomic mass is 9.88. The van der Waals surface area contributed by atoms with Gasteiger partial charge in [0.25, 0.3) is 0 Å². The summed E-state index contributed by atoms with van der Waals surface area (Å²) < 4.78 is 5.83. The van der Waals surface area contributed by atoms with E-state index in [9.17, 15) is 5.11 Å². The molecule has 20 heavy (non-hydrogen) atoms. The van der Waals surface area contributed by atoms with E-state index in [1.807, 2.05) is 0 Å². The molecule has 1 aromatic rings. The van der Waals surface area contributed by atoms with Crippen LogP contribution in [0.2, 0.25) is 0 Å². The third kappa shape index (κ3) is 3.74. The van der Waals surface area contributed by atoms with Crippen LogP contribution in [0, 0.1) is 12.3 Å². The van der Waals surface area contributed by atoms with Crippen LogP contribution in [0.3, 0.4) is 0 Å². The predicted molar refractivity (Wildman–Crippen MR) is 82.1 cm³/mol. The van der Waals surface area contributed by atoms with E-state index in [0.29, 0.717) is 6.54 Å². The molecule has 0 amide bonds. The fourth-order valence-electron chi connectivity index (χ4n) is 2.45. The van der Waals surface area contributed by atoms with Gasteiger partial charge in [0.05, 0.1) is 12.7 Å². The summed E-state index contributed by atoms with van der Waals surface area (Å²) in [5.74, 6) is 0.991. The first-order valence-corrected chi connectivity index (χ1v) is 7.53. The van der Waals surface area contributed by atoms with Gasteiger partial charge in [-0.2, -0.15) is 0 Å². The Kier molecular flexibility index (Phi) is 4.71. The van der Waals surface area contributed by atoms with Crippen LogP contribution in [0.5, 0.6) is 5.75 Å². The van der Waals surface area contributed by atoms with Crippen molar-refractivity contribution in [2.75, 3.05) is 13.2 Å². The van der Waals surface area contributed by atoms with Gasteiger partial charge in [-0.3, -0.25) is 0 Å². The zero-order valence-electron chi connectivity index (χ0n) is 13.1. The maximum atomic E-state index is 10.2. The Morgan fingerprint density at radius 2 is 2.15 bits per heavy atom. The minimum absolute atomic E-state index is 0.0929. The van der Waals surface area contributed by atoms with Crippen LogP contribution in [0.15, 0.2) is 18.2 Å². The Bertz CT molecular complexity index is 451. The number of nitrogens with one attached hydrogen (secondary N) is 1. The van der Waals surface area contributed by atoms with Crippen LogP contribution < -0.4 is 10.1 Å². The van der Waals surface area contributed by atoms with Gasteiger partial charge in [0.1, 0.15) is 5.75 Å². The molecular formula is C17H27NO2. The number of rotatable bonds is 3. The number of aryl methyl sites for hydroxylation is 1. The minimum Gasteiger partial charge on any atom is -0.493 e. The van der Waals surface area contributed by atoms with Gasteiger partial charge in [-0.05, 0) is 36.8 Å². The number of benzene rings is 1. The Balaban J connectivity index is 2.09. The van der Waals surface area contributed by atoms with Gasteiger partial charge in [0.15, 0.2) is 0 Å². The largest absolute Gasteiger partial charge is 0.493 e. The quantitative estimate of drug-likeness (QED) is 0.891. The number of ether oxygens (including phenoxy) is 1. The highest BCUT2D eigenvalue weighted by atomic mass is 16.5. The summed E-state index contributed by atoms with van der Waals surface area (Å²) in [5, 5.41) is 13.7. The van der Waals surface area contributed by atoms with E-state index in [4.69, 9.17) is 4.74 Å². The number of aliphatic hydroxyl groups excluding tert-OH is 1. The van der Waals surface area contributed by atoms with Gasteiger partial charge in [0, 0.05) is 18.2 Å². The molecule has 0 aromatic heterocycles. The Morgan fingerprint density at radius 1 is 1.40 bits per heavy atom. The molecule has 2 N–H and O–H groups in total. The molecule has 2 rings (SSSR count). The maximum Gasteiger partial charge on any atom is 0.124 e. The molecule has 3 nitrogen and oxygen atoms in total. The molecule has 0 radical (unpaired) electrons. The molecule has 0 saturated carbocycles. The first-order valence-electron chi connectivity index (χ1n) is 7.53. The summed E-state index contributed by atoms with van der Waals surface area (Å²) in [6.07, 6.45) is 1.74. The SMILES string of the molecule is Cc1ccc2c(c1)OCCCC2NCC(O)C(C)(C)C. The Labute approximate surface area is 122 Å². The smallest absolute Gasteiger partial charge is 0.124 e. The molecule has 0 saturated heterocycles. The maximum absolute atomic E-state index is 10.2. The van der Waals surface area contributed by atoms with Gasteiger partial charge in [0.2, 0.25) is 0 Å². The van der Waals surface area contributed by atoms with Crippen molar-refractivity contribution in [3.8, 4) is 5.75 Å². The fourth-order valence-corrected chi connectivity index (χ4v) is 2.45. The van der Waals surface area contributed by atoms with Crippen LogP contribution in [0.1, 0.15) is 50.8 Å². The molecule has 1 heterocycles. The van der Waals surface area contributed by atoms with Crippen molar-refractivity contribution in [3.05, 3.63) is 29.3 Å². The standard InChI is InChI=1S/C17H27NO2/c1-12-7-8-13-14(6-5-9-20-15(13)10-12)18-11-16(19)17(2,3)4/h7-8,10,14,16,18-19H,5-6,9,11H2,1-4H3. The van der Waals surface area contributed by atoms with E-state index in [0.717, 1.165) is 25.2 Å². The van der Waals surface area contributed by atoms with Crippen molar-refractivity contribution in [2.24, 2.45) is 5.41 Å². The van der Waals surface area contributed by atoms with Crippen LogP contribution in [-0.2, 0) is 0 Å². The lowest BCUT2D eigenvalue weighted by Crippen LogP contribution is -2.38. The second-order valence-electron chi connectivity index (χ2n) is 6.87. The lowest BCUT2D eigenvalue weighted by Gasteiger charge is -2.28. The van der Waals surface area contributed by atoms with Gasteiger partial charge >= 0.3 is 0 Å². The summed E-state index contributed by atoms with van der Waals surface area (Å²) in [4.78, 5) is 0. The molecular weight excluding hydrogens is 250 g/mol. The second kappa shape index (κ2) is 6.15. The van der Waals surface area contributed by atoms with Crippen LogP contribution >= 0.6 is 0 Å². The first-order chi connectivity index (χ1) is 9.38. The van der Waals surface area contributed by atoms with Crippen molar-refractivity contribution in [3.63, 3.8) is 0 Å². The topological polar surface area (TPSA) is 41.5 Å². The number of hydrogen-bond donors (Lipinski definition) is 2. The highest BCUT2D eigenvalue weighted by Gasteiger charge is 2.25.